The van der Waals surface area contributed by atoms with E-state index in [2.05, 4.69) is 0 Å². The minimum Gasteiger partial charge on any atom is -0.320 e. The van der Waals surface area contributed by atoms with E-state index in [4.69, 9.17) is 17.3 Å². The van der Waals surface area contributed by atoms with Gasteiger partial charge in [-0.3, -0.25) is 0 Å². The van der Waals surface area contributed by atoms with Crippen molar-refractivity contribution in [2.24, 2.45) is 5.73 Å². The summed E-state index contributed by atoms with van der Waals surface area (Å²) in [5, 5.41) is 0.0751. The van der Waals surface area contributed by atoms with E-state index >= 15 is 0 Å². The van der Waals surface area contributed by atoms with E-state index in [1.54, 1.807) is 0 Å². The molecule has 0 radical (unpaired) electrons. The van der Waals surface area contributed by atoms with Crippen molar-refractivity contribution in [3.05, 3.63) is 70.0 Å². The molecular weight excluding hydrogens is 263 g/mol. The summed E-state index contributed by atoms with van der Waals surface area (Å²) in [4.78, 5) is 0. The zero-order chi connectivity index (χ0) is 13.3. The van der Waals surface area contributed by atoms with Crippen LogP contribution >= 0.6 is 11.6 Å². The highest BCUT2D eigenvalue weighted by Gasteiger charge is 2.21. The Hall–Kier alpha value is -1.52. The maximum Gasteiger partial charge on any atom is 0.163 e. The molecule has 94 valence electrons. The fourth-order valence-electron chi connectivity index (χ4n) is 1.72. The number of hydrogen-bond acceptors (Lipinski definition) is 1. The van der Waals surface area contributed by atoms with Crippen LogP contribution in [0.25, 0.3) is 0 Å². The molecule has 0 aromatic heterocycles. The lowest BCUT2D eigenvalue weighted by Gasteiger charge is -2.15. The summed E-state index contributed by atoms with van der Waals surface area (Å²) >= 11 is 5.83. The van der Waals surface area contributed by atoms with E-state index < -0.39 is 23.5 Å². The first-order chi connectivity index (χ1) is 8.52. The molecule has 0 aliphatic heterocycles. The van der Waals surface area contributed by atoms with Gasteiger partial charge in [-0.25, -0.2) is 13.2 Å². The Morgan fingerprint density at radius 1 is 0.944 bits per heavy atom. The van der Waals surface area contributed by atoms with Crippen LogP contribution in [0.1, 0.15) is 17.2 Å². The van der Waals surface area contributed by atoms with Crippen LogP contribution in [0.15, 0.2) is 36.4 Å². The second-order valence-corrected chi connectivity index (χ2v) is 4.16. The third-order valence-electron chi connectivity index (χ3n) is 2.63. The molecule has 0 spiro atoms. The lowest BCUT2D eigenvalue weighted by atomic mass is 9.98. The van der Waals surface area contributed by atoms with Gasteiger partial charge in [0, 0.05) is 16.1 Å². The quantitative estimate of drug-likeness (QED) is 0.883. The van der Waals surface area contributed by atoms with Gasteiger partial charge in [0.05, 0.1) is 6.04 Å². The van der Waals surface area contributed by atoms with Crippen molar-refractivity contribution in [3.63, 3.8) is 0 Å². The average Bonchev–Trinajstić information content (AvgIpc) is 2.32. The van der Waals surface area contributed by atoms with E-state index in [-0.39, 0.29) is 16.1 Å². The minimum absolute atomic E-state index is 0.0522. The zero-order valence-electron chi connectivity index (χ0n) is 9.13. The predicted octanol–water partition coefficient (Wildman–Crippen LogP) is 3.81. The standard InChI is InChI=1S/C13H9ClF3N/c14-8-4-2-5-9(15)11(8)13(18)7-3-1-6-10(16)12(7)17/h1-6,13H,18H2. The summed E-state index contributed by atoms with van der Waals surface area (Å²) in [6.45, 7) is 0. The molecule has 0 fully saturated rings. The first-order valence-electron chi connectivity index (χ1n) is 5.15. The third kappa shape index (κ3) is 2.21. The summed E-state index contributed by atoms with van der Waals surface area (Å²) in [6, 6.07) is 6.43. The molecule has 2 aromatic rings. The fourth-order valence-corrected chi connectivity index (χ4v) is 2.00. The second-order valence-electron chi connectivity index (χ2n) is 3.76. The Morgan fingerprint density at radius 3 is 2.22 bits per heavy atom. The molecule has 2 N–H and O–H groups in total. The molecule has 0 saturated heterocycles. The average molecular weight is 272 g/mol. The highest BCUT2D eigenvalue weighted by atomic mass is 35.5. The Morgan fingerprint density at radius 2 is 1.56 bits per heavy atom. The highest BCUT2D eigenvalue weighted by Crippen LogP contribution is 2.30. The van der Waals surface area contributed by atoms with Crippen LogP contribution in [0, 0.1) is 17.5 Å². The Kier molecular flexibility index (Phi) is 3.59. The maximum absolute atomic E-state index is 13.6. The Labute approximate surface area is 107 Å². The van der Waals surface area contributed by atoms with Crippen molar-refractivity contribution in [1.82, 2.24) is 0 Å². The van der Waals surface area contributed by atoms with Gasteiger partial charge in [-0.2, -0.15) is 0 Å². The largest absolute Gasteiger partial charge is 0.320 e. The number of rotatable bonds is 2. The van der Waals surface area contributed by atoms with Crippen molar-refractivity contribution >= 4 is 11.6 Å². The molecule has 18 heavy (non-hydrogen) atoms. The smallest absolute Gasteiger partial charge is 0.163 e. The van der Waals surface area contributed by atoms with Crippen molar-refractivity contribution in [2.75, 3.05) is 0 Å². The minimum atomic E-state index is -1.16. The molecule has 0 aliphatic carbocycles. The van der Waals surface area contributed by atoms with Crippen LogP contribution in [-0.2, 0) is 0 Å². The zero-order valence-corrected chi connectivity index (χ0v) is 9.89. The number of benzene rings is 2. The predicted molar refractivity (Wildman–Crippen MR) is 63.8 cm³/mol. The maximum atomic E-state index is 13.6. The Balaban J connectivity index is 2.55. The molecule has 1 nitrogen and oxygen atoms in total. The Bertz CT molecular complexity index is 566. The molecular formula is C13H9ClF3N. The summed E-state index contributed by atoms with van der Waals surface area (Å²) in [5.74, 6) is -2.78. The van der Waals surface area contributed by atoms with Gasteiger partial charge >= 0.3 is 0 Å². The van der Waals surface area contributed by atoms with Crippen molar-refractivity contribution in [2.45, 2.75) is 6.04 Å². The molecule has 0 bridgehead atoms. The lowest BCUT2D eigenvalue weighted by molar-refractivity contribution is 0.492. The summed E-state index contributed by atoms with van der Waals surface area (Å²) in [7, 11) is 0. The summed E-state index contributed by atoms with van der Waals surface area (Å²) in [6.07, 6.45) is 0. The molecule has 0 aliphatic rings. The molecule has 0 saturated carbocycles. The van der Waals surface area contributed by atoms with E-state index in [0.717, 1.165) is 12.1 Å². The number of halogens is 4. The van der Waals surface area contributed by atoms with Gasteiger partial charge < -0.3 is 5.73 Å². The van der Waals surface area contributed by atoms with Crippen LogP contribution in [0.2, 0.25) is 5.02 Å². The van der Waals surface area contributed by atoms with E-state index in [0.29, 0.717) is 0 Å². The van der Waals surface area contributed by atoms with Crippen LogP contribution in [0.4, 0.5) is 13.2 Å². The number of nitrogens with two attached hydrogens (primary N) is 1. The molecule has 1 unspecified atom stereocenters. The van der Waals surface area contributed by atoms with Gasteiger partial charge in [-0.05, 0) is 18.2 Å². The van der Waals surface area contributed by atoms with Crippen LogP contribution < -0.4 is 5.73 Å². The van der Waals surface area contributed by atoms with E-state index in [9.17, 15) is 13.2 Å². The molecule has 5 heteroatoms. The third-order valence-corrected chi connectivity index (χ3v) is 2.96. The fraction of sp³-hybridized carbons (Fsp3) is 0.0769. The van der Waals surface area contributed by atoms with Gasteiger partial charge in [0.2, 0.25) is 0 Å². The van der Waals surface area contributed by atoms with Crippen molar-refractivity contribution in [1.29, 1.82) is 0 Å². The molecule has 1 atom stereocenters. The van der Waals surface area contributed by atoms with E-state index in [1.165, 1.54) is 24.3 Å². The SMILES string of the molecule is NC(c1cccc(F)c1F)c1c(F)cccc1Cl. The van der Waals surface area contributed by atoms with Crippen LogP contribution in [0.3, 0.4) is 0 Å². The van der Waals surface area contributed by atoms with Crippen LogP contribution in [-0.4, -0.2) is 0 Å². The normalized spacial score (nSPS) is 12.5. The van der Waals surface area contributed by atoms with Gasteiger partial charge in [-0.1, -0.05) is 29.8 Å². The van der Waals surface area contributed by atoms with Gasteiger partial charge in [0.15, 0.2) is 11.6 Å². The molecule has 2 rings (SSSR count). The summed E-state index contributed by atoms with van der Waals surface area (Å²) < 4.78 is 40.3. The topological polar surface area (TPSA) is 26.0 Å². The van der Waals surface area contributed by atoms with Crippen LogP contribution in [0.5, 0.6) is 0 Å². The van der Waals surface area contributed by atoms with Gasteiger partial charge in [0.25, 0.3) is 0 Å². The molecule has 0 amide bonds. The summed E-state index contributed by atoms with van der Waals surface area (Å²) in [5.41, 5.74) is 5.57. The van der Waals surface area contributed by atoms with Crippen molar-refractivity contribution in [3.8, 4) is 0 Å². The van der Waals surface area contributed by atoms with E-state index in [1.807, 2.05) is 0 Å². The highest BCUT2D eigenvalue weighted by molar-refractivity contribution is 6.31. The number of hydrogen-bond donors (Lipinski definition) is 1. The monoisotopic (exact) mass is 271 g/mol. The lowest BCUT2D eigenvalue weighted by Crippen LogP contribution is -2.16. The molecule has 2 aromatic carbocycles. The first kappa shape index (κ1) is 12.9. The van der Waals surface area contributed by atoms with Crippen molar-refractivity contribution < 1.29 is 13.2 Å². The second kappa shape index (κ2) is 5.00. The first-order valence-corrected chi connectivity index (χ1v) is 5.53. The molecule has 0 heterocycles. The van der Waals surface area contributed by atoms with Gasteiger partial charge in [-0.15, -0.1) is 0 Å². The van der Waals surface area contributed by atoms with Gasteiger partial charge in [0.1, 0.15) is 5.82 Å².